The Hall–Kier alpha value is -0.256. The fourth-order valence-corrected chi connectivity index (χ4v) is 5.74. The molecule has 0 aliphatic rings. The lowest BCUT2D eigenvalue weighted by Crippen LogP contribution is -2.50. The van der Waals surface area contributed by atoms with Crippen LogP contribution in [-0.2, 0) is 23.2 Å². The molecule has 0 unspecified atom stereocenters. The molecular formula is C22H49NO5Si2. The smallest absolute Gasteiger partial charge is 0.251 e. The van der Waals surface area contributed by atoms with Crippen LogP contribution < -0.4 is 0 Å². The molecule has 0 bridgehead atoms. The van der Waals surface area contributed by atoms with Crippen LogP contribution in [0.4, 0.5) is 0 Å². The van der Waals surface area contributed by atoms with Crippen LogP contribution in [0.5, 0.6) is 0 Å². The van der Waals surface area contributed by atoms with Crippen LogP contribution in [-0.4, -0.2) is 67.7 Å². The number of hydrogen-bond acceptors (Lipinski definition) is 5. The van der Waals surface area contributed by atoms with E-state index in [4.69, 9.17) is 18.4 Å². The molecular weight excluding hydrogens is 414 g/mol. The maximum Gasteiger partial charge on any atom is 0.251 e. The predicted molar refractivity (Wildman–Crippen MR) is 129 cm³/mol. The molecule has 0 aliphatic carbocycles. The van der Waals surface area contributed by atoms with Gasteiger partial charge in [-0.25, -0.2) is 5.06 Å². The Kier molecular flexibility index (Phi) is 11.5. The summed E-state index contributed by atoms with van der Waals surface area (Å²) in [6.45, 7) is 24.6. The SMILES string of the molecule is CO[C@H]([C@@H](C)[C@@H](O[Si](C)(C)C)[C@H](C)C(=O)N(C)OC)[C@@H](C)CO[Si](C)(C)C(C)(C)C. The first-order valence-corrected chi connectivity index (χ1v) is 17.4. The van der Waals surface area contributed by atoms with Gasteiger partial charge in [0.2, 0.25) is 0 Å². The van der Waals surface area contributed by atoms with E-state index in [-0.39, 0.29) is 40.9 Å². The minimum Gasteiger partial charge on any atom is -0.416 e. The maximum atomic E-state index is 12.8. The zero-order valence-electron chi connectivity index (χ0n) is 22.1. The summed E-state index contributed by atoms with van der Waals surface area (Å²) in [4.78, 5) is 18.0. The number of rotatable bonds is 12. The van der Waals surface area contributed by atoms with E-state index in [0.717, 1.165) is 0 Å². The molecule has 0 saturated carbocycles. The highest BCUT2D eigenvalue weighted by Crippen LogP contribution is 2.37. The van der Waals surface area contributed by atoms with Gasteiger partial charge in [-0.3, -0.25) is 9.63 Å². The van der Waals surface area contributed by atoms with E-state index in [1.54, 1.807) is 14.2 Å². The number of carbonyl (C=O) groups is 1. The van der Waals surface area contributed by atoms with Crippen LogP contribution in [0.1, 0.15) is 41.5 Å². The van der Waals surface area contributed by atoms with Crippen molar-refractivity contribution in [3.8, 4) is 0 Å². The van der Waals surface area contributed by atoms with E-state index >= 15 is 0 Å². The van der Waals surface area contributed by atoms with Crippen molar-refractivity contribution < 1.29 is 23.2 Å². The van der Waals surface area contributed by atoms with Gasteiger partial charge in [0.15, 0.2) is 16.6 Å². The fourth-order valence-electron chi connectivity index (χ4n) is 3.39. The summed E-state index contributed by atoms with van der Waals surface area (Å²) in [7, 11) is 1.14. The number of ether oxygens (including phenoxy) is 1. The van der Waals surface area contributed by atoms with Gasteiger partial charge in [-0.2, -0.15) is 0 Å². The number of methoxy groups -OCH3 is 1. The number of carbonyl (C=O) groups excluding carboxylic acids is 1. The van der Waals surface area contributed by atoms with Gasteiger partial charge in [0.1, 0.15) is 0 Å². The largest absolute Gasteiger partial charge is 0.416 e. The van der Waals surface area contributed by atoms with Crippen LogP contribution >= 0.6 is 0 Å². The lowest BCUT2D eigenvalue weighted by molar-refractivity contribution is -0.178. The van der Waals surface area contributed by atoms with Crippen molar-refractivity contribution in [2.75, 3.05) is 27.9 Å². The summed E-state index contributed by atoms with van der Waals surface area (Å²) in [5.41, 5.74) is 0. The highest BCUT2D eigenvalue weighted by atomic mass is 28.4. The Labute approximate surface area is 188 Å². The Morgan fingerprint density at radius 2 is 1.47 bits per heavy atom. The monoisotopic (exact) mass is 463 g/mol. The zero-order valence-corrected chi connectivity index (χ0v) is 24.1. The Balaban J connectivity index is 5.59. The van der Waals surface area contributed by atoms with Crippen LogP contribution in [0.25, 0.3) is 0 Å². The summed E-state index contributed by atoms with van der Waals surface area (Å²) >= 11 is 0. The van der Waals surface area contributed by atoms with Gasteiger partial charge >= 0.3 is 0 Å². The molecule has 0 aromatic rings. The summed E-state index contributed by atoms with van der Waals surface area (Å²) in [5.74, 6) is -0.242. The number of nitrogens with zero attached hydrogens (tertiary/aromatic N) is 1. The molecule has 30 heavy (non-hydrogen) atoms. The average Bonchev–Trinajstić information content (AvgIpc) is 2.61. The van der Waals surface area contributed by atoms with E-state index in [9.17, 15) is 4.79 Å². The van der Waals surface area contributed by atoms with E-state index in [0.29, 0.717) is 6.61 Å². The Morgan fingerprint density at radius 3 is 1.83 bits per heavy atom. The normalized spacial score (nSPS) is 18.5. The second-order valence-corrected chi connectivity index (χ2v) is 20.4. The minimum absolute atomic E-state index is 0.0175. The van der Waals surface area contributed by atoms with E-state index in [1.807, 2.05) is 6.92 Å². The molecule has 8 heteroatoms. The second kappa shape index (κ2) is 11.6. The second-order valence-electron chi connectivity index (χ2n) is 11.1. The quantitative estimate of drug-likeness (QED) is 0.295. The third-order valence-electron chi connectivity index (χ3n) is 6.34. The summed E-state index contributed by atoms with van der Waals surface area (Å²) in [5, 5.41) is 1.44. The van der Waals surface area contributed by atoms with Gasteiger partial charge in [0.25, 0.3) is 5.91 Å². The Morgan fingerprint density at radius 1 is 0.967 bits per heavy atom. The number of hydroxylamine groups is 2. The van der Waals surface area contributed by atoms with Gasteiger partial charge in [-0.1, -0.05) is 41.5 Å². The Bertz CT molecular complexity index is 531. The summed E-state index contributed by atoms with van der Waals surface area (Å²) < 4.78 is 18.9. The third kappa shape index (κ3) is 8.71. The van der Waals surface area contributed by atoms with Crippen molar-refractivity contribution in [2.45, 2.75) is 91.5 Å². The van der Waals surface area contributed by atoms with Crippen molar-refractivity contribution >= 4 is 22.5 Å². The molecule has 6 nitrogen and oxygen atoms in total. The first kappa shape index (κ1) is 29.7. The molecule has 0 aromatic heterocycles. The molecule has 0 rings (SSSR count). The molecule has 0 aromatic carbocycles. The molecule has 180 valence electrons. The topological polar surface area (TPSA) is 57.2 Å². The summed E-state index contributed by atoms with van der Waals surface area (Å²) in [6, 6.07) is 0. The van der Waals surface area contributed by atoms with E-state index in [1.165, 1.54) is 12.2 Å². The molecule has 0 N–H and O–H groups in total. The first-order chi connectivity index (χ1) is 13.4. The lowest BCUT2D eigenvalue weighted by atomic mass is 9.84. The highest BCUT2D eigenvalue weighted by Gasteiger charge is 2.41. The zero-order chi connectivity index (χ0) is 24.1. The minimum atomic E-state index is -1.89. The van der Waals surface area contributed by atoms with Crippen LogP contribution in [0.2, 0.25) is 37.8 Å². The lowest BCUT2D eigenvalue weighted by Gasteiger charge is -2.41. The van der Waals surface area contributed by atoms with Gasteiger partial charge in [-0.15, -0.1) is 0 Å². The van der Waals surface area contributed by atoms with E-state index in [2.05, 4.69) is 67.4 Å². The molecule has 5 atom stereocenters. The van der Waals surface area contributed by atoms with Gasteiger partial charge in [-0.05, 0) is 37.8 Å². The molecule has 0 heterocycles. The van der Waals surface area contributed by atoms with Crippen molar-refractivity contribution in [3.63, 3.8) is 0 Å². The predicted octanol–water partition coefficient (Wildman–Crippen LogP) is 5.17. The molecule has 0 aliphatic heterocycles. The maximum absolute atomic E-state index is 12.8. The van der Waals surface area contributed by atoms with Crippen molar-refractivity contribution in [2.24, 2.45) is 17.8 Å². The fraction of sp³-hybridized carbons (Fsp3) is 0.955. The molecule has 0 radical (unpaired) electrons. The molecule has 0 saturated heterocycles. The highest BCUT2D eigenvalue weighted by molar-refractivity contribution is 6.74. The van der Waals surface area contributed by atoms with Crippen molar-refractivity contribution in [1.82, 2.24) is 5.06 Å². The number of hydrogen-bond donors (Lipinski definition) is 0. The third-order valence-corrected chi connectivity index (χ3v) is 11.8. The van der Waals surface area contributed by atoms with Crippen LogP contribution in [0.3, 0.4) is 0 Å². The van der Waals surface area contributed by atoms with Gasteiger partial charge in [0.05, 0.1) is 25.2 Å². The van der Waals surface area contributed by atoms with Gasteiger partial charge in [0, 0.05) is 32.6 Å². The average molecular weight is 464 g/mol. The molecule has 1 amide bonds. The van der Waals surface area contributed by atoms with E-state index < -0.39 is 16.6 Å². The van der Waals surface area contributed by atoms with Gasteiger partial charge < -0.3 is 13.6 Å². The van der Waals surface area contributed by atoms with Crippen molar-refractivity contribution in [3.05, 3.63) is 0 Å². The van der Waals surface area contributed by atoms with Crippen LogP contribution in [0, 0.1) is 17.8 Å². The molecule has 0 spiro atoms. The molecule has 0 fully saturated rings. The standard InChI is InChI=1S/C22H49NO5Si2/c1-16(15-27-30(13,14)22(4,5)6)19(25-8)17(2)20(28-29(10,11)12)18(3)21(24)23(7)26-9/h16-20H,15H2,1-14H3/t16-,17+,18-,19-,20+/m0/s1. The first-order valence-electron chi connectivity index (χ1n) is 11.1. The number of amides is 1. The summed E-state index contributed by atoms with van der Waals surface area (Å²) in [6.07, 6.45) is -0.346. The van der Waals surface area contributed by atoms with Crippen molar-refractivity contribution in [1.29, 1.82) is 0 Å². The van der Waals surface area contributed by atoms with Crippen LogP contribution in [0.15, 0.2) is 0 Å².